The van der Waals surface area contributed by atoms with E-state index in [0.717, 1.165) is 32.2 Å². The van der Waals surface area contributed by atoms with Crippen molar-refractivity contribution in [1.29, 1.82) is 0 Å². The molecule has 1 aromatic rings. The summed E-state index contributed by atoms with van der Waals surface area (Å²) in [4.78, 5) is 26.4. The molecule has 0 bridgehead atoms. The molecule has 0 unspecified atom stereocenters. The topological polar surface area (TPSA) is 69.6 Å². The number of carbonyl (C=O) groups excluding carboxylic acids is 1. The van der Waals surface area contributed by atoms with Crippen molar-refractivity contribution < 1.29 is 14.7 Å². The van der Waals surface area contributed by atoms with Crippen molar-refractivity contribution in [1.82, 2.24) is 10.2 Å². The van der Waals surface area contributed by atoms with E-state index in [1.165, 1.54) is 10.4 Å². The Morgan fingerprint density at radius 1 is 1.43 bits per heavy atom. The van der Waals surface area contributed by atoms with Gasteiger partial charge in [0.25, 0.3) is 0 Å². The molecule has 1 aromatic heterocycles. The summed E-state index contributed by atoms with van der Waals surface area (Å²) in [6.07, 6.45) is 3.93. The van der Waals surface area contributed by atoms with Gasteiger partial charge in [0.1, 0.15) is 0 Å². The lowest BCUT2D eigenvalue weighted by Gasteiger charge is -2.41. The Balaban J connectivity index is 1.54. The molecular weight excluding hydrogens is 288 g/mol. The van der Waals surface area contributed by atoms with Crippen molar-refractivity contribution >= 4 is 23.3 Å². The highest BCUT2D eigenvalue weighted by molar-refractivity contribution is 7.10. The zero-order chi connectivity index (χ0) is 14.9. The number of urea groups is 1. The minimum absolute atomic E-state index is 0.0662. The van der Waals surface area contributed by atoms with Gasteiger partial charge < -0.3 is 15.3 Å². The fraction of sp³-hybridized carbons (Fsp3) is 0.600. The van der Waals surface area contributed by atoms with Crippen LogP contribution in [0.15, 0.2) is 11.4 Å². The molecule has 1 aliphatic carbocycles. The standard InChI is InChI=1S/C15H20N2O3S/c18-13(19)8-15(4-1-5-15)10-16-14(20)17-6-2-12-11(9-17)3-7-21-12/h3,7H,1-2,4-6,8-10H2,(H,16,20)(H,18,19). The van der Waals surface area contributed by atoms with Crippen LogP contribution in [0, 0.1) is 5.41 Å². The van der Waals surface area contributed by atoms with Crippen molar-refractivity contribution in [2.24, 2.45) is 5.41 Å². The van der Waals surface area contributed by atoms with Crippen LogP contribution in [0.2, 0.25) is 0 Å². The summed E-state index contributed by atoms with van der Waals surface area (Å²) in [5.41, 5.74) is 1.02. The summed E-state index contributed by atoms with van der Waals surface area (Å²) in [5, 5.41) is 14.0. The molecule has 2 aliphatic rings. The Hall–Kier alpha value is -1.56. The predicted molar refractivity (Wildman–Crippen MR) is 80.4 cm³/mol. The van der Waals surface area contributed by atoms with E-state index in [2.05, 4.69) is 16.8 Å². The monoisotopic (exact) mass is 308 g/mol. The van der Waals surface area contributed by atoms with E-state index in [-0.39, 0.29) is 17.9 Å². The average Bonchev–Trinajstić information content (AvgIpc) is 2.88. The summed E-state index contributed by atoms with van der Waals surface area (Å²) < 4.78 is 0. The Bertz CT molecular complexity index is 551. The second kappa shape index (κ2) is 5.67. The van der Waals surface area contributed by atoms with Crippen molar-refractivity contribution in [2.45, 2.75) is 38.6 Å². The van der Waals surface area contributed by atoms with Gasteiger partial charge in [0.2, 0.25) is 0 Å². The number of amides is 2. The SMILES string of the molecule is O=C(O)CC1(CNC(=O)N2CCc3sccc3C2)CCC1. The quantitative estimate of drug-likeness (QED) is 0.897. The van der Waals surface area contributed by atoms with Crippen LogP contribution in [-0.4, -0.2) is 35.1 Å². The largest absolute Gasteiger partial charge is 0.481 e. The minimum atomic E-state index is -0.773. The Kier molecular flexibility index (Phi) is 3.89. The summed E-state index contributed by atoms with van der Waals surface area (Å²) in [6, 6.07) is 2.01. The van der Waals surface area contributed by atoms with Crippen LogP contribution in [0.5, 0.6) is 0 Å². The number of aliphatic carboxylic acids is 1. The van der Waals surface area contributed by atoms with Crippen LogP contribution in [-0.2, 0) is 17.8 Å². The third-order valence-electron chi connectivity index (χ3n) is 4.65. The third-order valence-corrected chi connectivity index (χ3v) is 5.67. The van der Waals surface area contributed by atoms with E-state index < -0.39 is 5.97 Å². The molecule has 2 amide bonds. The molecule has 6 heteroatoms. The molecule has 0 saturated heterocycles. The molecule has 1 aliphatic heterocycles. The van der Waals surface area contributed by atoms with Gasteiger partial charge in [-0.15, -0.1) is 11.3 Å². The zero-order valence-corrected chi connectivity index (χ0v) is 12.7. The maximum Gasteiger partial charge on any atom is 0.317 e. The summed E-state index contributed by atoms with van der Waals surface area (Å²) in [6.45, 7) is 1.88. The van der Waals surface area contributed by atoms with E-state index in [1.54, 1.807) is 11.3 Å². The average molecular weight is 308 g/mol. The fourth-order valence-electron chi connectivity index (χ4n) is 3.21. The van der Waals surface area contributed by atoms with Gasteiger partial charge in [-0.2, -0.15) is 0 Å². The Morgan fingerprint density at radius 2 is 2.24 bits per heavy atom. The highest BCUT2D eigenvalue weighted by Crippen LogP contribution is 2.43. The summed E-state index contributed by atoms with van der Waals surface area (Å²) in [5.74, 6) is -0.773. The number of hydrogen-bond acceptors (Lipinski definition) is 3. The van der Waals surface area contributed by atoms with Gasteiger partial charge in [-0.1, -0.05) is 6.42 Å². The summed E-state index contributed by atoms with van der Waals surface area (Å²) in [7, 11) is 0. The smallest absolute Gasteiger partial charge is 0.317 e. The Morgan fingerprint density at radius 3 is 2.90 bits per heavy atom. The Labute approximate surface area is 128 Å². The first-order valence-electron chi connectivity index (χ1n) is 7.38. The molecule has 3 rings (SSSR count). The first-order chi connectivity index (χ1) is 10.1. The number of fused-ring (bicyclic) bond motifs is 1. The highest BCUT2D eigenvalue weighted by Gasteiger charge is 2.39. The maximum atomic E-state index is 12.3. The molecule has 0 radical (unpaired) electrons. The number of thiophene rings is 1. The predicted octanol–water partition coefficient (Wildman–Crippen LogP) is 2.46. The molecule has 5 nitrogen and oxygen atoms in total. The minimum Gasteiger partial charge on any atom is -0.481 e. The number of rotatable bonds is 4. The molecular formula is C15H20N2O3S. The molecule has 114 valence electrons. The van der Waals surface area contributed by atoms with Crippen molar-refractivity contribution in [2.75, 3.05) is 13.1 Å². The van der Waals surface area contributed by atoms with Gasteiger partial charge in [-0.05, 0) is 41.7 Å². The first-order valence-corrected chi connectivity index (χ1v) is 8.26. The van der Waals surface area contributed by atoms with Crippen LogP contribution in [0.4, 0.5) is 4.79 Å². The van der Waals surface area contributed by atoms with E-state index in [1.807, 2.05) is 4.90 Å². The third kappa shape index (κ3) is 3.05. The fourth-order valence-corrected chi connectivity index (χ4v) is 4.10. The highest BCUT2D eigenvalue weighted by atomic mass is 32.1. The maximum absolute atomic E-state index is 12.3. The number of nitrogens with one attached hydrogen (secondary N) is 1. The molecule has 2 heterocycles. The number of nitrogens with zero attached hydrogens (tertiary/aromatic N) is 1. The second-order valence-corrected chi connectivity index (χ2v) is 7.12. The molecule has 21 heavy (non-hydrogen) atoms. The van der Waals surface area contributed by atoms with Crippen LogP contribution < -0.4 is 5.32 Å². The van der Waals surface area contributed by atoms with Gasteiger partial charge in [0.15, 0.2) is 0 Å². The van der Waals surface area contributed by atoms with E-state index in [0.29, 0.717) is 13.1 Å². The van der Waals surface area contributed by atoms with E-state index >= 15 is 0 Å². The van der Waals surface area contributed by atoms with Gasteiger partial charge in [0, 0.05) is 24.5 Å². The number of carbonyl (C=O) groups is 2. The van der Waals surface area contributed by atoms with Crippen LogP contribution in [0.3, 0.4) is 0 Å². The molecule has 0 atom stereocenters. The lowest BCUT2D eigenvalue weighted by Crippen LogP contribution is -2.48. The van der Waals surface area contributed by atoms with Crippen molar-refractivity contribution in [3.05, 3.63) is 21.9 Å². The van der Waals surface area contributed by atoms with Gasteiger partial charge in [-0.3, -0.25) is 4.79 Å². The van der Waals surface area contributed by atoms with Gasteiger partial charge in [-0.25, -0.2) is 4.79 Å². The van der Waals surface area contributed by atoms with Crippen molar-refractivity contribution in [3.8, 4) is 0 Å². The number of hydrogen-bond donors (Lipinski definition) is 2. The van der Waals surface area contributed by atoms with Gasteiger partial charge >= 0.3 is 12.0 Å². The van der Waals surface area contributed by atoms with Crippen LogP contribution in [0.25, 0.3) is 0 Å². The number of carboxylic acid groups (broad SMARTS) is 1. The molecule has 0 spiro atoms. The van der Waals surface area contributed by atoms with E-state index in [4.69, 9.17) is 5.11 Å². The lowest BCUT2D eigenvalue weighted by atomic mass is 9.66. The molecule has 0 aromatic carbocycles. The second-order valence-electron chi connectivity index (χ2n) is 6.12. The number of carboxylic acids is 1. The van der Waals surface area contributed by atoms with E-state index in [9.17, 15) is 9.59 Å². The first kappa shape index (κ1) is 14.4. The lowest BCUT2D eigenvalue weighted by molar-refractivity contribution is -0.141. The summed E-state index contributed by atoms with van der Waals surface area (Å²) >= 11 is 1.75. The van der Waals surface area contributed by atoms with Crippen molar-refractivity contribution in [3.63, 3.8) is 0 Å². The van der Waals surface area contributed by atoms with Gasteiger partial charge in [0.05, 0.1) is 6.42 Å². The molecule has 2 N–H and O–H groups in total. The molecule has 1 fully saturated rings. The normalized spacial score (nSPS) is 19.5. The van der Waals surface area contributed by atoms with Crippen LogP contribution >= 0.6 is 11.3 Å². The zero-order valence-electron chi connectivity index (χ0n) is 11.9. The van der Waals surface area contributed by atoms with Crippen LogP contribution in [0.1, 0.15) is 36.1 Å². The molecule has 1 saturated carbocycles.